The van der Waals surface area contributed by atoms with Crippen LogP contribution in [-0.2, 0) is 4.74 Å². The van der Waals surface area contributed by atoms with Crippen LogP contribution >= 0.6 is 0 Å². The monoisotopic (exact) mass is 250 g/mol. The number of anilines is 2. The van der Waals surface area contributed by atoms with E-state index in [1.165, 1.54) is 5.69 Å². The number of benzene rings is 1. The number of nitrogens with zero attached hydrogens (tertiary/aromatic N) is 1. The number of hydrogen-bond donors (Lipinski definition) is 2. The van der Waals surface area contributed by atoms with Gasteiger partial charge in [0, 0.05) is 24.5 Å². The lowest BCUT2D eigenvalue weighted by molar-refractivity contribution is -0.0124. The standard InChI is InChI=1S/C14H22N2O2/c1-11(17)10-18-14-6-8-16(9-7-14)13-4-2-12(15)3-5-13/h2-5,11,14,17H,6-10,15H2,1H3. The summed E-state index contributed by atoms with van der Waals surface area (Å²) in [4.78, 5) is 2.35. The second-order valence-corrected chi connectivity index (χ2v) is 4.96. The van der Waals surface area contributed by atoms with Gasteiger partial charge in [0.1, 0.15) is 0 Å². The van der Waals surface area contributed by atoms with Gasteiger partial charge in [0.15, 0.2) is 0 Å². The topological polar surface area (TPSA) is 58.7 Å². The van der Waals surface area contributed by atoms with Gasteiger partial charge in [-0.25, -0.2) is 0 Å². The second kappa shape index (κ2) is 6.07. The van der Waals surface area contributed by atoms with Crippen LogP contribution in [0.3, 0.4) is 0 Å². The van der Waals surface area contributed by atoms with Crippen molar-refractivity contribution in [1.82, 2.24) is 0 Å². The zero-order valence-corrected chi connectivity index (χ0v) is 10.9. The normalized spacial score (nSPS) is 18.9. The number of piperidine rings is 1. The van der Waals surface area contributed by atoms with Gasteiger partial charge in [0.2, 0.25) is 0 Å². The minimum absolute atomic E-state index is 0.282. The predicted molar refractivity (Wildman–Crippen MR) is 73.7 cm³/mol. The van der Waals surface area contributed by atoms with Gasteiger partial charge >= 0.3 is 0 Å². The molecule has 1 aromatic carbocycles. The first-order valence-corrected chi connectivity index (χ1v) is 6.55. The van der Waals surface area contributed by atoms with Crippen LogP contribution in [0, 0.1) is 0 Å². The van der Waals surface area contributed by atoms with E-state index >= 15 is 0 Å². The Hall–Kier alpha value is -1.26. The van der Waals surface area contributed by atoms with Crippen molar-refractivity contribution in [2.45, 2.75) is 32.0 Å². The van der Waals surface area contributed by atoms with Crippen LogP contribution in [0.5, 0.6) is 0 Å². The van der Waals surface area contributed by atoms with Gasteiger partial charge in [-0.1, -0.05) is 0 Å². The summed E-state index contributed by atoms with van der Waals surface area (Å²) >= 11 is 0. The smallest absolute Gasteiger partial charge is 0.0745 e. The van der Waals surface area contributed by atoms with Gasteiger partial charge < -0.3 is 20.5 Å². The molecule has 4 heteroatoms. The number of nitrogens with two attached hydrogens (primary N) is 1. The van der Waals surface area contributed by atoms with Crippen LogP contribution in [0.2, 0.25) is 0 Å². The maximum atomic E-state index is 9.19. The van der Waals surface area contributed by atoms with Crippen molar-refractivity contribution in [3.05, 3.63) is 24.3 Å². The Kier molecular flexibility index (Phi) is 4.44. The summed E-state index contributed by atoms with van der Waals surface area (Å²) in [5.74, 6) is 0. The molecule has 0 spiro atoms. The van der Waals surface area contributed by atoms with Crippen LogP contribution in [-0.4, -0.2) is 37.0 Å². The number of hydrogen-bond acceptors (Lipinski definition) is 4. The van der Waals surface area contributed by atoms with E-state index in [0.717, 1.165) is 31.6 Å². The molecule has 1 aromatic rings. The molecule has 1 heterocycles. The van der Waals surface area contributed by atoms with Gasteiger partial charge in [0.25, 0.3) is 0 Å². The molecular formula is C14H22N2O2. The predicted octanol–water partition coefficient (Wildman–Crippen LogP) is 1.64. The zero-order valence-electron chi connectivity index (χ0n) is 10.9. The average Bonchev–Trinajstić information content (AvgIpc) is 2.38. The summed E-state index contributed by atoms with van der Waals surface area (Å²) in [6, 6.07) is 8.00. The highest BCUT2D eigenvalue weighted by Gasteiger charge is 2.20. The highest BCUT2D eigenvalue weighted by Crippen LogP contribution is 2.22. The molecule has 0 aromatic heterocycles. The Bertz CT molecular complexity index is 357. The molecule has 3 N–H and O–H groups in total. The summed E-state index contributed by atoms with van der Waals surface area (Å²) in [6.45, 7) is 4.18. The highest BCUT2D eigenvalue weighted by molar-refractivity contribution is 5.53. The fourth-order valence-electron chi connectivity index (χ4n) is 2.24. The molecule has 0 radical (unpaired) electrons. The molecule has 2 rings (SSSR count). The molecule has 1 saturated heterocycles. The Morgan fingerprint density at radius 2 is 1.94 bits per heavy atom. The molecule has 1 aliphatic rings. The molecule has 0 amide bonds. The van der Waals surface area contributed by atoms with Gasteiger partial charge in [-0.2, -0.15) is 0 Å². The third kappa shape index (κ3) is 3.62. The first-order chi connectivity index (χ1) is 8.65. The van der Waals surface area contributed by atoms with Crippen molar-refractivity contribution in [3.8, 4) is 0 Å². The van der Waals surface area contributed by atoms with Crippen LogP contribution < -0.4 is 10.6 Å². The third-order valence-electron chi connectivity index (χ3n) is 3.27. The van der Waals surface area contributed by atoms with E-state index in [1.54, 1.807) is 6.92 Å². The lowest BCUT2D eigenvalue weighted by Gasteiger charge is -2.33. The highest BCUT2D eigenvalue weighted by atomic mass is 16.5. The molecule has 1 unspecified atom stereocenters. The Morgan fingerprint density at radius 1 is 1.33 bits per heavy atom. The fourth-order valence-corrected chi connectivity index (χ4v) is 2.24. The number of ether oxygens (including phenoxy) is 1. The Morgan fingerprint density at radius 3 is 2.50 bits per heavy atom. The van der Waals surface area contributed by atoms with E-state index in [-0.39, 0.29) is 12.2 Å². The van der Waals surface area contributed by atoms with Crippen molar-refractivity contribution in [2.24, 2.45) is 0 Å². The molecule has 0 aliphatic carbocycles. The SMILES string of the molecule is CC(O)COC1CCN(c2ccc(N)cc2)CC1. The van der Waals surface area contributed by atoms with Crippen molar-refractivity contribution < 1.29 is 9.84 Å². The Balaban J connectivity index is 1.81. The van der Waals surface area contributed by atoms with Crippen LogP contribution in [0.15, 0.2) is 24.3 Å². The molecule has 1 atom stereocenters. The van der Waals surface area contributed by atoms with Gasteiger partial charge in [0.05, 0.1) is 18.8 Å². The summed E-state index contributed by atoms with van der Waals surface area (Å²) in [5.41, 5.74) is 7.70. The van der Waals surface area contributed by atoms with Gasteiger partial charge in [-0.3, -0.25) is 0 Å². The number of nitrogen functional groups attached to an aromatic ring is 1. The van der Waals surface area contributed by atoms with Crippen molar-refractivity contribution in [2.75, 3.05) is 30.3 Å². The van der Waals surface area contributed by atoms with E-state index in [9.17, 15) is 5.11 Å². The lowest BCUT2D eigenvalue weighted by Crippen LogP contribution is -2.37. The third-order valence-corrected chi connectivity index (χ3v) is 3.27. The van der Waals surface area contributed by atoms with Gasteiger partial charge in [-0.05, 0) is 44.0 Å². The molecular weight excluding hydrogens is 228 g/mol. The first-order valence-electron chi connectivity index (χ1n) is 6.55. The summed E-state index contributed by atoms with van der Waals surface area (Å²) in [7, 11) is 0. The first kappa shape index (κ1) is 13.2. The fraction of sp³-hybridized carbons (Fsp3) is 0.571. The quantitative estimate of drug-likeness (QED) is 0.798. The summed E-state index contributed by atoms with van der Waals surface area (Å²) in [5, 5.41) is 9.19. The van der Waals surface area contributed by atoms with E-state index in [1.807, 2.05) is 12.1 Å². The van der Waals surface area contributed by atoms with Crippen molar-refractivity contribution in [3.63, 3.8) is 0 Å². The van der Waals surface area contributed by atoms with Crippen molar-refractivity contribution in [1.29, 1.82) is 0 Å². The van der Waals surface area contributed by atoms with E-state index < -0.39 is 0 Å². The minimum atomic E-state index is -0.375. The average molecular weight is 250 g/mol. The van der Waals surface area contributed by atoms with Gasteiger partial charge in [-0.15, -0.1) is 0 Å². The number of aliphatic hydroxyl groups is 1. The van der Waals surface area contributed by atoms with E-state index in [0.29, 0.717) is 6.61 Å². The Labute approximate surface area is 108 Å². The summed E-state index contributed by atoms with van der Waals surface area (Å²) in [6.07, 6.45) is 1.93. The second-order valence-electron chi connectivity index (χ2n) is 4.96. The maximum absolute atomic E-state index is 9.19. The van der Waals surface area contributed by atoms with E-state index in [2.05, 4.69) is 17.0 Å². The van der Waals surface area contributed by atoms with Crippen LogP contribution in [0.1, 0.15) is 19.8 Å². The molecule has 1 fully saturated rings. The molecule has 18 heavy (non-hydrogen) atoms. The molecule has 0 saturated carbocycles. The van der Waals surface area contributed by atoms with Crippen LogP contribution in [0.4, 0.5) is 11.4 Å². The van der Waals surface area contributed by atoms with E-state index in [4.69, 9.17) is 10.5 Å². The number of rotatable bonds is 4. The van der Waals surface area contributed by atoms with Crippen molar-refractivity contribution >= 4 is 11.4 Å². The molecule has 100 valence electrons. The largest absolute Gasteiger partial charge is 0.399 e. The maximum Gasteiger partial charge on any atom is 0.0745 e. The molecule has 1 aliphatic heterocycles. The minimum Gasteiger partial charge on any atom is -0.399 e. The molecule has 4 nitrogen and oxygen atoms in total. The van der Waals surface area contributed by atoms with Crippen LogP contribution in [0.25, 0.3) is 0 Å². The zero-order chi connectivity index (χ0) is 13.0. The molecule has 0 bridgehead atoms. The summed E-state index contributed by atoms with van der Waals surface area (Å²) < 4.78 is 5.65. The lowest BCUT2D eigenvalue weighted by atomic mass is 10.1. The number of aliphatic hydroxyl groups excluding tert-OH is 1.